The lowest BCUT2D eigenvalue weighted by Crippen LogP contribution is -2.34. The van der Waals surface area contributed by atoms with Crippen LogP contribution in [-0.4, -0.2) is 18.4 Å². The molecule has 1 saturated heterocycles. The zero-order chi connectivity index (χ0) is 13.1. The maximum atomic E-state index is 7.78. The fourth-order valence-electron chi connectivity index (χ4n) is 2.65. The van der Waals surface area contributed by atoms with Crippen molar-refractivity contribution in [3.8, 4) is 0 Å². The van der Waals surface area contributed by atoms with Gasteiger partial charge in [0.05, 0.1) is 5.56 Å². The average Bonchev–Trinajstić information content (AvgIpc) is 2.53. The molecule has 0 bridgehead atoms. The number of anilines is 1. The quantitative estimate of drug-likeness (QED) is 0.649. The number of halogens is 1. The number of nitrogens with two attached hydrogens (primary N) is 1. The van der Waals surface area contributed by atoms with Crippen molar-refractivity contribution >= 4 is 27.5 Å². The Morgan fingerprint density at radius 1 is 1.39 bits per heavy atom. The molecule has 0 aromatic heterocycles. The topological polar surface area (TPSA) is 53.1 Å². The van der Waals surface area contributed by atoms with Crippen molar-refractivity contribution in [2.75, 3.05) is 11.4 Å². The van der Waals surface area contributed by atoms with Crippen molar-refractivity contribution in [3.63, 3.8) is 0 Å². The van der Waals surface area contributed by atoms with Gasteiger partial charge < -0.3 is 10.6 Å². The van der Waals surface area contributed by atoms with Gasteiger partial charge in [0.1, 0.15) is 5.84 Å². The lowest BCUT2D eigenvalue weighted by molar-refractivity contribution is 0.616. The Morgan fingerprint density at radius 3 is 2.89 bits per heavy atom. The van der Waals surface area contributed by atoms with Crippen LogP contribution in [0, 0.1) is 5.41 Å². The lowest BCUT2D eigenvalue weighted by atomic mass is 10.1. The zero-order valence-corrected chi connectivity index (χ0v) is 12.3. The maximum Gasteiger partial charge on any atom is 0.126 e. The van der Waals surface area contributed by atoms with Crippen molar-refractivity contribution in [2.24, 2.45) is 5.73 Å². The monoisotopic (exact) mass is 309 g/mol. The van der Waals surface area contributed by atoms with Crippen molar-refractivity contribution in [2.45, 2.75) is 38.6 Å². The first-order valence-corrected chi connectivity index (χ1v) is 7.30. The number of benzene rings is 1. The molecule has 2 rings (SSSR count). The predicted molar refractivity (Wildman–Crippen MR) is 80.4 cm³/mol. The fraction of sp³-hybridized carbons (Fsp3) is 0.500. The molecule has 1 aliphatic heterocycles. The van der Waals surface area contributed by atoms with Crippen LogP contribution in [0.2, 0.25) is 0 Å². The summed E-state index contributed by atoms with van der Waals surface area (Å²) in [5.74, 6) is 0.133. The highest BCUT2D eigenvalue weighted by Crippen LogP contribution is 2.31. The Bertz CT molecular complexity index is 445. The SMILES string of the molecule is CC1CCCCCN1c1cccc(Br)c1C(=N)N. The van der Waals surface area contributed by atoms with Gasteiger partial charge >= 0.3 is 0 Å². The molecule has 0 saturated carbocycles. The number of nitrogens with zero attached hydrogens (tertiary/aromatic N) is 1. The minimum atomic E-state index is 0.133. The first-order valence-electron chi connectivity index (χ1n) is 6.51. The molecule has 0 aliphatic carbocycles. The summed E-state index contributed by atoms with van der Waals surface area (Å²) in [4.78, 5) is 2.40. The Balaban J connectivity index is 2.42. The summed E-state index contributed by atoms with van der Waals surface area (Å²) < 4.78 is 0.906. The third kappa shape index (κ3) is 2.69. The number of hydrogen-bond donors (Lipinski definition) is 2. The van der Waals surface area contributed by atoms with Crippen molar-refractivity contribution < 1.29 is 0 Å². The molecule has 4 heteroatoms. The molecule has 1 aromatic carbocycles. The molecule has 3 nitrogen and oxygen atoms in total. The molecule has 1 aliphatic rings. The Labute approximate surface area is 117 Å². The van der Waals surface area contributed by atoms with E-state index in [0.29, 0.717) is 6.04 Å². The molecule has 1 fully saturated rings. The van der Waals surface area contributed by atoms with E-state index in [0.717, 1.165) is 22.3 Å². The van der Waals surface area contributed by atoms with E-state index in [4.69, 9.17) is 11.1 Å². The van der Waals surface area contributed by atoms with Crippen LogP contribution in [0.4, 0.5) is 5.69 Å². The van der Waals surface area contributed by atoms with Crippen LogP contribution in [-0.2, 0) is 0 Å². The van der Waals surface area contributed by atoms with Gasteiger partial charge in [-0.15, -0.1) is 0 Å². The summed E-state index contributed by atoms with van der Waals surface area (Å²) in [6.45, 7) is 3.31. The van der Waals surface area contributed by atoms with E-state index < -0.39 is 0 Å². The van der Waals surface area contributed by atoms with E-state index in [1.54, 1.807) is 0 Å². The van der Waals surface area contributed by atoms with Crippen LogP contribution in [0.5, 0.6) is 0 Å². The smallest absolute Gasteiger partial charge is 0.126 e. The normalized spacial score (nSPS) is 20.6. The summed E-state index contributed by atoms with van der Waals surface area (Å²) in [6, 6.07) is 6.55. The van der Waals surface area contributed by atoms with Gasteiger partial charge in [-0.25, -0.2) is 0 Å². The largest absolute Gasteiger partial charge is 0.384 e. The van der Waals surface area contributed by atoms with Gasteiger partial charge in [-0.1, -0.05) is 18.9 Å². The van der Waals surface area contributed by atoms with E-state index in [1.165, 1.54) is 25.7 Å². The maximum absolute atomic E-state index is 7.78. The number of rotatable bonds is 2. The molecule has 18 heavy (non-hydrogen) atoms. The van der Waals surface area contributed by atoms with E-state index in [1.807, 2.05) is 12.1 Å². The summed E-state index contributed by atoms with van der Waals surface area (Å²) in [5, 5.41) is 7.78. The standard InChI is InChI=1S/C14H20BrN3/c1-10-6-3-2-4-9-18(10)12-8-5-7-11(15)13(12)14(16)17/h5,7-8,10H,2-4,6,9H2,1H3,(H3,16,17). The van der Waals surface area contributed by atoms with Crippen molar-refractivity contribution in [1.29, 1.82) is 5.41 Å². The molecule has 0 spiro atoms. The molecule has 1 aromatic rings. The molecular weight excluding hydrogens is 290 g/mol. The molecule has 1 atom stereocenters. The number of amidine groups is 1. The molecule has 3 N–H and O–H groups in total. The second-order valence-corrected chi connectivity index (χ2v) is 5.79. The minimum Gasteiger partial charge on any atom is -0.384 e. The van der Waals surface area contributed by atoms with Gasteiger partial charge in [-0.05, 0) is 47.8 Å². The minimum absolute atomic E-state index is 0.133. The van der Waals surface area contributed by atoms with Crippen molar-refractivity contribution in [1.82, 2.24) is 0 Å². The van der Waals surface area contributed by atoms with Crippen molar-refractivity contribution in [3.05, 3.63) is 28.2 Å². The number of hydrogen-bond acceptors (Lipinski definition) is 2. The van der Waals surface area contributed by atoms with Crippen LogP contribution < -0.4 is 10.6 Å². The average molecular weight is 310 g/mol. The van der Waals surface area contributed by atoms with Crippen LogP contribution in [0.1, 0.15) is 38.2 Å². The molecule has 0 radical (unpaired) electrons. The van der Waals surface area contributed by atoms with Gasteiger partial charge in [0, 0.05) is 22.7 Å². The van der Waals surface area contributed by atoms with Gasteiger partial charge in [0.2, 0.25) is 0 Å². The van der Waals surface area contributed by atoms with E-state index >= 15 is 0 Å². The third-order valence-corrected chi connectivity index (χ3v) is 4.28. The second kappa shape index (κ2) is 5.74. The van der Waals surface area contributed by atoms with E-state index in [2.05, 4.69) is 33.8 Å². The first kappa shape index (κ1) is 13.4. The predicted octanol–water partition coefficient (Wildman–Crippen LogP) is 3.50. The molecule has 0 amide bonds. The highest BCUT2D eigenvalue weighted by Gasteiger charge is 2.21. The van der Waals surface area contributed by atoms with Crippen LogP contribution in [0.15, 0.2) is 22.7 Å². The number of nitrogen functional groups attached to an aromatic ring is 1. The fourth-order valence-corrected chi connectivity index (χ4v) is 3.22. The number of nitrogens with one attached hydrogen (secondary N) is 1. The highest BCUT2D eigenvalue weighted by molar-refractivity contribution is 9.10. The Morgan fingerprint density at radius 2 is 2.17 bits per heavy atom. The molecule has 1 unspecified atom stereocenters. The van der Waals surface area contributed by atoms with Crippen LogP contribution >= 0.6 is 15.9 Å². The first-order chi connectivity index (χ1) is 8.61. The molecular formula is C14H20BrN3. The third-order valence-electron chi connectivity index (χ3n) is 3.62. The van der Waals surface area contributed by atoms with Crippen LogP contribution in [0.25, 0.3) is 0 Å². The van der Waals surface area contributed by atoms with E-state index in [9.17, 15) is 0 Å². The van der Waals surface area contributed by atoms with E-state index in [-0.39, 0.29) is 5.84 Å². The summed E-state index contributed by atoms with van der Waals surface area (Å²) in [5.41, 5.74) is 7.65. The summed E-state index contributed by atoms with van der Waals surface area (Å²) >= 11 is 3.51. The van der Waals surface area contributed by atoms with Gasteiger partial charge in [0.25, 0.3) is 0 Å². The van der Waals surface area contributed by atoms with Gasteiger partial charge in [-0.2, -0.15) is 0 Å². The molecule has 1 heterocycles. The van der Waals surface area contributed by atoms with Gasteiger partial charge in [-0.3, -0.25) is 5.41 Å². The second-order valence-electron chi connectivity index (χ2n) is 4.94. The Kier molecular flexibility index (Phi) is 4.27. The summed E-state index contributed by atoms with van der Waals surface area (Å²) in [7, 11) is 0. The Hall–Kier alpha value is -1.03. The lowest BCUT2D eigenvalue weighted by Gasteiger charge is -2.31. The van der Waals surface area contributed by atoms with Gasteiger partial charge in [0.15, 0.2) is 0 Å². The highest BCUT2D eigenvalue weighted by atomic mass is 79.9. The van der Waals surface area contributed by atoms with Crippen LogP contribution in [0.3, 0.4) is 0 Å². The molecule has 98 valence electrons. The summed E-state index contributed by atoms with van der Waals surface area (Å²) in [6.07, 6.45) is 5.02. The zero-order valence-electron chi connectivity index (χ0n) is 10.7.